The molecule has 186 valence electrons. The number of carbonyl (C=O) groups is 1. The van der Waals surface area contributed by atoms with Gasteiger partial charge in [0.2, 0.25) is 0 Å². The highest BCUT2D eigenvalue weighted by Gasteiger charge is 2.30. The SMILES string of the molecule is N#CC(C(=O)OCC1CCCCC1)=C1Nc2ccc(-c3ccc(O)cc3)cc2N=C1N1CCNCC1. The Morgan fingerprint density at radius 2 is 1.81 bits per heavy atom. The third-order valence-electron chi connectivity index (χ3n) is 7.07. The number of piperazine rings is 1. The number of phenolic OH excluding ortho intramolecular Hbond substituents is 1. The number of aliphatic imine (C=N–C) groups is 1. The summed E-state index contributed by atoms with van der Waals surface area (Å²) in [4.78, 5) is 20.1. The Kier molecular flexibility index (Phi) is 7.19. The van der Waals surface area contributed by atoms with Gasteiger partial charge in [-0.05, 0) is 54.2 Å². The fraction of sp³-hybridized carbons (Fsp3) is 0.393. The summed E-state index contributed by atoms with van der Waals surface area (Å²) in [7, 11) is 0. The zero-order valence-corrected chi connectivity index (χ0v) is 20.3. The van der Waals surface area contributed by atoms with Gasteiger partial charge in [-0.1, -0.05) is 37.5 Å². The number of carbonyl (C=O) groups excluding carboxylic acids is 1. The number of hydrogen-bond acceptors (Lipinski definition) is 8. The minimum atomic E-state index is -0.599. The van der Waals surface area contributed by atoms with E-state index in [9.17, 15) is 15.2 Å². The molecule has 0 unspecified atom stereocenters. The Morgan fingerprint density at radius 3 is 2.53 bits per heavy atom. The molecule has 8 nitrogen and oxygen atoms in total. The number of nitrogens with zero attached hydrogens (tertiary/aromatic N) is 3. The van der Waals surface area contributed by atoms with Crippen LogP contribution >= 0.6 is 0 Å². The summed E-state index contributed by atoms with van der Waals surface area (Å²) in [6.45, 7) is 3.37. The first kappa shape index (κ1) is 23.9. The summed E-state index contributed by atoms with van der Waals surface area (Å²) < 4.78 is 5.63. The molecule has 2 aromatic carbocycles. The van der Waals surface area contributed by atoms with Crippen LogP contribution in [0.3, 0.4) is 0 Å². The van der Waals surface area contributed by atoms with Crippen molar-refractivity contribution >= 4 is 23.2 Å². The molecule has 1 saturated carbocycles. The molecule has 3 aliphatic rings. The topological polar surface area (TPSA) is 110 Å². The number of nitriles is 1. The van der Waals surface area contributed by atoms with Crippen LogP contribution in [-0.4, -0.2) is 54.6 Å². The van der Waals surface area contributed by atoms with Crippen LogP contribution in [0.4, 0.5) is 11.4 Å². The van der Waals surface area contributed by atoms with Crippen LogP contribution in [0.2, 0.25) is 0 Å². The molecule has 8 heteroatoms. The van der Waals surface area contributed by atoms with E-state index in [2.05, 4.69) is 21.6 Å². The number of benzene rings is 2. The van der Waals surface area contributed by atoms with Gasteiger partial charge in [-0.2, -0.15) is 5.26 Å². The van der Waals surface area contributed by atoms with Crippen LogP contribution in [0.15, 0.2) is 58.7 Å². The van der Waals surface area contributed by atoms with Crippen molar-refractivity contribution in [3.8, 4) is 22.9 Å². The number of hydrogen-bond donors (Lipinski definition) is 3. The Bertz CT molecular complexity index is 1220. The Labute approximate surface area is 211 Å². The van der Waals surface area contributed by atoms with Crippen molar-refractivity contribution < 1.29 is 14.6 Å². The van der Waals surface area contributed by atoms with Crippen molar-refractivity contribution in [2.45, 2.75) is 32.1 Å². The van der Waals surface area contributed by atoms with E-state index in [-0.39, 0.29) is 11.3 Å². The molecular formula is C28H31N5O3. The summed E-state index contributed by atoms with van der Waals surface area (Å²) >= 11 is 0. The Balaban J connectivity index is 1.48. The maximum atomic E-state index is 13.1. The van der Waals surface area contributed by atoms with Crippen LogP contribution in [0.1, 0.15) is 32.1 Å². The standard InChI is InChI=1S/C28H31N5O3/c29-17-23(28(35)36-18-19-4-2-1-3-5-19)26-27(33-14-12-30-13-15-33)32-25-16-21(8-11-24(25)31-26)20-6-9-22(34)10-7-20/h6-11,16,19,30-31,34H,1-5,12-15,18H2. The second-order valence-corrected chi connectivity index (χ2v) is 9.54. The molecule has 0 spiro atoms. The second-order valence-electron chi connectivity index (χ2n) is 9.54. The van der Waals surface area contributed by atoms with E-state index in [4.69, 9.17) is 9.73 Å². The Morgan fingerprint density at radius 1 is 1.08 bits per heavy atom. The first-order valence-electron chi connectivity index (χ1n) is 12.7. The number of nitrogens with one attached hydrogen (secondary N) is 2. The number of anilines is 1. The number of fused-ring (bicyclic) bond motifs is 1. The third-order valence-corrected chi connectivity index (χ3v) is 7.07. The van der Waals surface area contributed by atoms with Gasteiger partial charge in [0.05, 0.1) is 18.0 Å². The van der Waals surface area contributed by atoms with Gasteiger partial charge >= 0.3 is 5.97 Å². The molecule has 0 bridgehead atoms. The molecule has 2 aliphatic heterocycles. The monoisotopic (exact) mass is 485 g/mol. The molecule has 2 fully saturated rings. The van der Waals surface area contributed by atoms with Crippen LogP contribution in [0.25, 0.3) is 11.1 Å². The van der Waals surface area contributed by atoms with Gasteiger partial charge in [-0.3, -0.25) is 0 Å². The van der Waals surface area contributed by atoms with Gasteiger partial charge < -0.3 is 25.4 Å². The molecule has 0 atom stereocenters. The van der Waals surface area contributed by atoms with Crippen molar-refractivity contribution in [2.75, 3.05) is 38.1 Å². The predicted octanol–water partition coefficient (Wildman–Crippen LogP) is 4.32. The van der Waals surface area contributed by atoms with Gasteiger partial charge in [-0.15, -0.1) is 0 Å². The van der Waals surface area contributed by atoms with Crippen LogP contribution in [0.5, 0.6) is 5.75 Å². The van der Waals surface area contributed by atoms with E-state index in [0.717, 1.165) is 48.4 Å². The van der Waals surface area contributed by atoms with Crippen molar-refractivity contribution in [2.24, 2.45) is 10.9 Å². The average molecular weight is 486 g/mol. The van der Waals surface area contributed by atoms with Gasteiger partial charge in [0, 0.05) is 26.2 Å². The molecular weight excluding hydrogens is 454 g/mol. The fourth-order valence-corrected chi connectivity index (χ4v) is 5.03. The zero-order valence-electron chi connectivity index (χ0n) is 20.3. The lowest BCUT2D eigenvalue weighted by Gasteiger charge is -2.34. The second kappa shape index (κ2) is 10.8. The summed E-state index contributed by atoms with van der Waals surface area (Å²) in [5.41, 5.74) is 3.72. The number of phenols is 1. The average Bonchev–Trinajstić information content (AvgIpc) is 2.93. The lowest BCUT2D eigenvalue weighted by Crippen LogP contribution is -2.48. The molecule has 2 aromatic rings. The molecule has 1 aliphatic carbocycles. The smallest absolute Gasteiger partial charge is 0.351 e. The maximum absolute atomic E-state index is 13.1. The highest BCUT2D eigenvalue weighted by atomic mass is 16.5. The van der Waals surface area contributed by atoms with Gasteiger partial charge in [0.25, 0.3) is 0 Å². The molecule has 3 N–H and O–H groups in total. The molecule has 2 heterocycles. The molecule has 0 aromatic heterocycles. The number of amidine groups is 1. The summed E-state index contributed by atoms with van der Waals surface area (Å²) in [5.74, 6) is 0.564. The third kappa shape index (κ3) is 5.21. The first-order valence-corrected chi connectivity index (χ1v) is 12.7. The lowest BCUT2D eigenvalue weighted by atomic mass is 9.90. The first-order chi connectivity index (χ1) is 17.6. The van der Waals surface area contributed by atoms with Crippen LogP contribution in [-0.2, 0) is 9.53 Å². The molecule has 5 rings (SSSR count). The van der Waals surface area contributed by atoms with Crippen molar-refractivity contribution in [3.05, 3.63) is 53.7 Å². The number of esters is 1. The van der Waals surface area contributed by atoms with Crippen LogP contribution < -0.4 is 10.6 Å². The quantitative estimate of drug-likeness (QED) is 0.336. The molecule has 0 amide bonds. The summed E-state index contributed by atoms with van der Waals surface area (Å²) in [6.07, 6.45) is 5.69. The van der Waals surface area contributed by atoms with E-state index in [1.54, 1.807) is 12.1 Å². The molecule has 36 heavy (non-hydrogen) atoms. The van der Waals surface area contributed by atoms with E-state index in [1.807, 2.05) is 30.3 Å². The summed E-state index contributed by atoms with van der Waals surface area (Å²) in [6, 6.07) is 14.9. The minimum absolute atomic E-state index is 0.0450. The predicted molar refractivity (Wildman–Crippen MR) is 139 cm³/mol. The van der Waals surface area contributed by atoms with E-state index in [1.165, 1.54) is 19.3 Å². The van der Waals surface area contributed by atoms with E-state index < -0.39 is 5.97 Å². The number of ether oxygens (including phenoxy) is 1. The summed E-state index contributed by atoms with van der Waals surface area (Å²) in [5, 5.41) is 26.3. The van der Waals surface area contributed by atoms with Gasteiger partial charge in [0.15, 0.2) is 11.4 Å². The normalized spacial score (nSPS) is 19.4. The largest absolute Gasteiger partial charge is 0.508 e. The zero-order chi connectivity index (χ0) is 24.9. The minimum Gasteiger partial charge on any atom is -0.508 e. The van der Waals surface area contributed by atoms with Crippen LogP contribution in [0, 0.1) is 17.2 Å². The van der Waals surface area contributed by atoms with E-state index >= 15 is 0 Å². The lowest BCUT2D eigenvalue weighted by molar-refractivity contribution is -0.140. The van der Waals surface area contributed by atoms with Crippen molar-refractivity contribution in [3.63, 3.8) is 0 Å². The van der Waals surface area contributed by atoms with Gasteiger partial charge in [-0.25, -0.2) is 9.79 Å². The molecule has 1 saturated heterocycles. The fourth-order valence-electron chi connectivity index (χ4n) is 5.03. The maximum Gasteiger partial charge on any atom is 0.351 e. The number of rotatable bonds is 4. The Hall–Kier alpha value is -3.83. The molecule has 0 radical (unpaired) electrons. The van der Waals surface area contributed by atoms with E-state index in [0.29, 0.717) is 37.1 Å². The van der Waals surface area contributed by atoms with Gasteiger partial charge in [0.1, 0.15) is 17.5 Å². The highest BCUT2D eigenvalue weighted by molar-refractivity contribution is 6.12. The highest BCUT2D eigenvalue weighted by Crippen LogP contribution is 2.37. The number of aromatic hydroxyl groups is 1. The van der Waals surface area contributed by atoms with Crippen molar-refractivity contribution in [1.29, 1.82) is 5.26 Å². The van der Waals surface area contributed by atoms with Crippen molar-refractivity contribution in [1.82, 2.24) is 10.2 Å².